The lowest BCUT2D eigenvalue weighted by Crippen LogP contribution is -2.45. The van der Waals surface area contributed by atoms with Crippen LogP contribution in [0, 0.1) is 5.92 Å². The number of benzene rings is 2. The molecule has 44 heavy (non-hydrogen) atoms. The fourth-order valence-electron chi connectivity index (χ4n) is 7.29. The lowest BCUT2D eigenvalue weighted by Gasteiger charge is -2.31. The predicted octanol–water partition coefficient (Wildman–Crippen LogP) is 4.10. The van der Waals surface area contributed by atoms with E-state index in [-0.39, 0.29) is 49.9 Å². The van der Waals surface area contributed by atoms with Crippen molar-refractivity contribution in [1.82, 2.24) is 10.2 Å². The molecule has 2 saturated heterocycles. The second kappa shape index (κ2) is 12.9. The molecule has 0 bridgehead atoms. The van der Waals surface area contributed by atoms with E-state index >= 15 is 4.11 Å². The van der Waals surface area contributed by atoms with E-state index in [1.165, 1.54) is 0 Å². The van der Waals surface area contributed by atoms with Gasteiger partial charge in [-0.25, -0.2) is 0 Å². The second-order valence-corrected chi connectivity index (χ2v) is 16.4. The van der Waals surface area contributed by atoms with E-state index in [1.54, 1.807) is 47.2 Å². The number of hydrogen-bond donors (Lipinski definition) is 3. The number of rotatable bonds is 11. The Hall–Kier alpha value is -3.38. The highest BCUT2D eigenvalue weighted by atomic mass is 28.4. The Morgan fingerprint density at radius 2 is 2.02 bits per heavy atom. The first kappa shape index (κ1) is 32.0. The number of nitrogens with zero attached hydrogens (tertiary/aromatic N) is 2. The minimum Gasteiger partial charge on any atom is -0.395 e. The minimum absolute atomic E-state index is 0.121. The van der Waals surface area contributed by atoms with Crippen LogP contribution in [0.25, 0.3) is 0 Å². The molecule has 0 aliphatic carbocycles. The summed E-state index contributed by atoms with van der Waals surface area (Å²) in [6, 6.07) is 14.5. The van der Waals surface area contributed by atoms with Gasteiger partial charge in [-0.1, -0.05) is 43.3 Å². The van der Waals surface area contributed by atoms with Crippen LogP contribution in [0.4, 0.5) is 15.5 Å². The maximum atomic E-state index is 16.2. The Labute approximate surface area is 259 Å². The Kier molecular flexibility index (Phi) is 9.40. The monoisotopic (exact) mass is 622 g/mol. The summed E-state index contributed by atoms with van der Waals surface area (Å²) in [7, 11) is -3.50. The topological polar surface area (TPSA) is 111 Å². The SMILES string of the molecule is C=CCN1C(=O)[C@]2(O[C@H](CC(=O)N(CCO)Cc3ccccc3)[C@@H]([Si](C)(C)F)[C@@H]2C)c2cc(NC(=O)[C@H]3CCCN3)ccc21. The Morgan fingerprint density at radius 3 is 2.66 bits per heavy atom. The van der Waals surface area contributed by atoms with Gasteiger partial charge in [0.05, 0.1) is 30.9 Å². The fraction of sp³-hybridized carbons (Fsp3) is 0.485. The molecule has 1 spiro atoms. The average Bonchev–Trinajstić information content (AvgIpc) is 3.68. The Balaban J connectivity index is 1.49. The first-order chi connectivity index (χ1) is 21.0. The van der Waals surface area contributed by atoms with Crippen molar-refractivity contribution in [3.63, 3.8) is 0 Å². The smallest absolute Gasteiger partial charge is 0.264 e. The first-order valence-corrected chi connectivity index (χ1v) is 18.4. The van der Waals surface area contributed by atoms with Gasteiger partial charge in [0, 0.05) is 42.3 Å². The van der Waals surface area contributed by atoms with Crippen LogP contribution in [-0.2, 0) is 31.3 Å². The number of ether oxygens (including phenoxy) is 1. The number of carbonyl (C=O) groups excluding carboxylic acids is 3. The van der Waals surface area contributed by atoms with Crippen LogP contribution in [0.1, 0.15) is 37.3 Å². The number of halogens is 1. The summed E-state index contributed by atoms with van der Waals surface area (Å²) in [5.74, 6) is -1.34. The Bertz CT molecular complexity index is 1400. The van der Waals surface area contributed by atoms with Crippen LogP contribution in [0.2, 0.25) is 18.6 Å². The molecule has 3 aliphatic heterocycles. The molecule has 0 saturated carbocycles. The van der Waals surface area contributed by atoms with Gasteiger partial charge in [0.1, 0.15) is 0 Å². The van der Waals surface area contributed by atoms with Crippen LogP contribution in [0.15, 0.2) is 61.2 Å². The third kappa shape index (κ3) is 5.98. The quantitative estimate of drug-likeness (QED) is 0.198. The van der Waals surface area contributed by atoms with Gasteiger partial charge in [-0.15, -0.1) is 6.58 Å². The van der Waals surface area contributed by atoms with E-state index in [9.17, 15) is 19.5 Å². The van der Waals surface area contributed by atoms with E-state index < -0.39 is 31.6 Å². The number of aliphatic hydroxyl groups excluding tert-OH is 1. The molecular weight excluding hydrogens is 579 g/mol. The molecule has 2 aromatic carbocycles. The average molecular weight is 623 g/mol. The Morgan fingerprint density at radius 1 is 1.27 bits per heavy atom. The fourth-order valence-corrected chi connectivity index (χ4v) is 9.78. The van der Waals surface area contributed by atoms with Gasteiger partial charge in [-0.05, 0) is 56.2 Å². The number of aliphatic hydroxyl groups is 1. The summed E-state index contributed by atoms with van der Waals surface area (Å²) >= 11 is 0. The largest absolute Gasteiger partial charge is 0.395 e. The molecule has 2 fully saturated rings. The molecule has 0 unspecified atom stereocenters. The van der Waals surface area contributed by atoms with Crippen molar-refractivity contribution in [3.8, 4) is 0 Å². The predicted molar refractivity (Wildman–Crippen MR) is 170 cm³/mol. The third-order valence-electron chi connectivity index (χ3n) is 9.23. The molecule has 0 aromatic heterocycles. The van der Waals surface area contributed by atoms with Crippen molar-refractivity contribution in [1.29, 1.82) is 0 Å². The van der Waals surface area contributed by atoms with Gasteiger partial charge in [0.25, 0.3) is 5.91 Å². The third-order valence-corrected chi connectivity index (χ3v) is 11.7. The molecule has 0 radical (unpaired) electrons. The lowest BCUT2D eigenvalue weighted by molar-refractivity contribution is -0.149. The maximum absolute atomic E-state index is 16.2. The van der Waals surface area contributed by atoms with Crippen LogP contribution in [0.5, 0.6) is 0 Å². The van der Waals surface area contributed by atoms with Crippen molar-refractivity contribution in [2.75, 3.05) is 36.5 Å². The first-order valence-electron chi connectivity index (χ1n) is 15.4. The molecule has 2 aromatic rings. The molecule has 5 rings (SSSR count). The van der Waals surface area contributed by atoms with Crippen molar-refractivity contribution >= 4 is 37.5 Å². The number of amides is 3. The zero-order valence-electron chi connectivity index (χ0n) is 25.7. The number of carbonyl (C=O) groups is 3. The van der Waals surface area contributed by atoms with E-state index in [1.807, 2.05) is 37.3 Å². The van der Waals surface area contributed by atoms with Crippen LogP contribution in [-0.4, -0.2) is 74.5 Å². The molecule has 3 N–H and O–H groups in total. The summed E-state index contributed by atoms with van der Waals surface area (Å²) in [6.45, 7) is 10.1. The standard InChI is InChI=1S/C33H43FN4O5Si/c1-5-16-38-27-14-13-24(36-31(41)26-12-9-15-35-26)19-25(27)33(32(38)42)22(2)30(44(3,4)34)28(43-33)20-29(40)37(17-18-39)21-23-10-7-6-8-11-23/h5-8,10-11,13-14,19,22,26,28,30,35,39H,1,9,12,15-18,20-21H2,2-4H3,(H,36,41)/t22-,26+,28+,30-,33+/m0/s1. The van der Waals surface area contributed by atoms with Crippen LogP contribution < -0.4 is 15.5 Å². The molecule has 9 nitrogen and oxygen atoms in total. The van der Waals surface area contributed by atoms with E-state index in [4.69, 9.17) is 4.74 Å². The highest BCUT2D eigenvalue weighted by molar-refractivity contribution is 6.72. The number of fused-ring (bicyclic) bond motifs is 2. The molecule has 3 aliphatic rings. The molecule has 236 valence electrons. The van der Waals surface area contributed by atoms with Gasteiger partial charge < -0.3 is 34.4 Å². The van der Waals surface area contributed by atoms with Crippen LogP contribution >= 0.6 is 0 Å². The number of nitrogens with one attached hydrogen (secondary N) is 2. The number of hydrogen-bond acceptors (Lipinski definition) is 6. The van der Waals surface area contributed by atoms with E-state index in [0.717, 1.165) is 24.9 Å². The zero-order chi connectivity index (χ0) is 31.6. The number of anilines is 2. The highest BCUT2D eigenvalue weighted by Crippen LogP contribution is 2.60. The summed E-state index contributed by atoms with van der Waals surface area (Å²) in [4.78, 5) is 44.1. The molecule has 3 heterocycles. The van der Waals surface area contributed by atoms with Gasteiger partial charge in [0.2, 0.25) is 20.2 Å². The van der Waals surface area contributed by atoms with Crippen molar-refractivity contribution in [2.24, 2.45) is 5.92 Å². The minimum atomic E-state index is -3.50. The molecular formula is C33H43FN4O5Si. The second-order valence-electron chi connectivity index (χ2n) is 12.6. The summed E-state index contributed by atoms with van der Waals surface area (Å²) in [5, 5.41) is 15.9. The highest BCUT2D eigenvalue weighted by Gasteiger charge is 2.67. The van der Waals surface area contributed by atoms with Crippen LogP contribution in [0.3, 0.4) is 0 Å². The summed E-state index contributed by atoms with van der Waals surface area (Å²) in [5.41, 5.74) is 0.414. The zero-order valence-corrected chi connectivity index (χ0v) is 26.7. The van der Waals surface area contributed by atoms with Gasteiger partial charge in [-0.2, -0.15) is 0 Å². The van der Waals surface area contributed by atoms with Gasteiger partial charge in [0.15, 0.2) is 5.60 Å². The summed E-state index contributed by atoms with van der Waals surface area (Å²) in [6.07, 6.45) is 2.31. The van der Waals surface area contributed by atoms with Gasteiger partial charge in [-0.3, -0.25) is 14.4 Å². The van der Waals surface area contributed by atoms with Gasteiger partial charge >= 0.3 is 0 Å². The van der Waals surface area contributed by atoms with Crippen molar-refractivity contribution in [3.05, 3.63) is 72.3 Å². The normalized spacial score (nSPS) is 26.2. The van der Waals surface area contributed by atoms with Crippen molar-refractivity contribution < 1.29 is 28.3 Å². The lowest BCUT2D eigenvalue weighted by atomic mass is 9.82. The molecule has 5 atom stereocenters. The maximum Gasteiger partial charge on any atom is 0.264 e. The molecule has 3 amide bonds. The van der Waals surface area contributed by atoms with Crippen molar-refractivity contribution in [2.45, 2.75) is 69.1 Å². The molecule has 11 heteroatoms. The van der Waals surface area contributed by atoms with E-state index in [2.05, 4.69) is 17.2 Å². The van der Waals surface area contributed by atoms with E-state index in [0.29, 0.717) is 23.5 Å². The summed E-state index contributed by atoms with van der Waals surface area (Å²) < 4.78 is 23.0.